The normalized spacial score (nSPS) is 17.9. The van der Waals surface area contributed by atoms with Gasteiger partial charge in [0.2, 0.25) is 0 Å². The van der Waals surface area contributed by atoms with Crippen LogP contribution in [0.2, 0.25) is 0 Å². The van der Waals surface area contributed by atoms with E-state index < -0.39 is 0 Å². The van der Waals surface area contributed by atoms with Gasteiger partial charge in [0.25, 0.3) is 0 Å². The van der Waals surface area contributed by atoms with Crippen molar-refractivity contribution < 1.29 is 9.53 Å². The maximum absolute atomic E-state index is 11.1. The van der Waals surface area contributed by atoms with Gasteiger partial charge in [0.15, 0.2) is 0 Å². The summed E-state index contributed by atoms with van der Waals surface area (Å²) in [5, 5.41) is 2.08. The van der Waals surface area contributed by atoms with Gasteiger partial charge in [0.05, 0.1) is 7.11 Å². The second-order valence-electron chi connectivity index (χ2n) is 3.30. The second kappa shape index (κ2) is 3.96. The molecule has 3 heteroatoms. The molecule has 0 aliphatic heterocycles. The minimum atomic E-state index is -0.251. The van der Waals surface area contributed by atoms with E-state index >= 15 is 0 Å². The number of fused-ring (bicyclic) bond motifs is 1. The number of allylic oxidation sites excluding steroid dienone is 1. The van der Waals surface area contributed by atoms with Crippen LogP contribution < -0.4 is 0 Å². The van der Waals surface area contributed by atoms with E-state index in [2.05, 4.69) is 16.2 Å². The highest BCUT2D eigenvalue weighted by Crippen LogP contribution is 2.33. The molecular formula is C11H12O2S. The standard InChI is InChI=1S/C11H12O2S/c1-13-11(12)7-8-3-2-4-10-9(8)5-6-14-10/h5-7H,2-4H2,1H3/b8-7-. The number of hydrogen-bond donors (Lipinski definition) is 0. The van der Waals surface area contributed by atoms with Crippen LogP contribution in [0.25, 0.3) is 5.57 Å². The van der Waals surface area contributed by atoms with Gasteiger partial charge in [-0.25, -0.2) is 4.79 Å². The van der Waals surface area contributed by atoms with Crippen molar-refractivity contribution in [2.24, 2.45) is 0 Å². The Morgan fingerprint density at radius 3 is 3.21 bits per heavy atom. The molecule has 0 N–H and O–H groups in total. The Kier molecular flexibility index (Phi) is 2.68. The fraction of sp³-hybridized carbons (Fsp3) is 0.364. The molecule has 1 aromatic heterocycles. The molecule has 0 saturated carbocycles. The number of carbonyl (C=O) groups is 1. The zero-order valence-electron chi connectivity index (χ0n) is 8.08. The third kappa shape index (κ3) is 1.73. The second-order valence-corrected chi connectivity index (χ2v) is 4.30. The molecule has 0 radical (unpaired) electrons. The molecule has 0 aromatic carbocycles. The number of aryl methyl sites for hydroxylation is 1. The van der Waals surface area contributed by atoms with Gasteiger partial charge in [-0.15, -0.1) is 11.3 Å². The van der Waals surface area contributed by atoms with E-state index in [0.717, 1.165) is 24.8 Å². The molecule has 0 unspecified atom stereocenters. The van der Waals surface area contributed by atoms with E-state index in [1.807, 2.05) is 0 Å². The topological polar surface area (TPSA) is 26.3 Å². The molecule has 2 rings (SSSR count). The first-order valence-corrected chi connectivity index (χ1v) is 5.54. The lowest BCUT2D eigenvalue weighted by Crippen LogP contribution is -2.02. The Bertz CT molecular complexity index is 376. The van der Waals surface area contributed by atoms with Gasteiger partial charge < -0.3 is 4.74 Å². The SMILES string of the molecule is COC(=O)/C=C1/CCCc2sccc21. The number of thiophene rings is 1. The van der Waals surface area contributed by atoms with Crippen LogP contribution in [0.5, 0.6) is 0 Å². The van der Waals surface area contributed by atoms with Crippen molar-refractivity contribution in [3.05, 3.63) is 28.0 Å². The lowest BCUT2D eigenvalue weighted by atomic mass is 9.93. The highest BCUT2D eigenvalue weighted by Gasteiger charge is 2.15. The molecule has 14 heavy (non-hydrogen) atoms. The lowest BCUT2D eigenvalue weighted by molar-refractivity contribution is -0.134. The average Bonchev–Trinajstić information content (AvgIpc) is 2.66. The van der Waals surface area contributed by atoms with Crippen molar-refractivity contribution in [1.82, 2.24) is 0 Å². The molecule has 74 valence electrons. The quantitative estimate of drug-likeness (QED) is 0.524. The van der Waals surface area contributed by atoms with Crippen LogP contribution in [0.4, 0.5) is 0 Å². The molecule has 1 heterocycles. The Hall–Kier alpha value is -1.09. The summed E-state index contributed by atoms with van der Waals surface area (Å²) in [6, 6.07) is 2.09. The van der Waals surface area contributed by atoms with Crippen LogP contribution in [0.1, 0.15) is 23.3 Å². The predicted molar refractivity (Wildman–Crippen MR) is 57.3 cm³/mol. The van der Waals surface area contributed by atoms with Gasteiger partial charge in [-0.1, -0.05) is 0 Å². The number of rotatable bonds is 1. The van der Waals surface area contributed by atoms with Crippen LogP contribution >= 0.6 is 11.3 Å². The maximum Gasteiger partial charge on any atom is 0.330 e. The maximum atomic E-state index is 11.1. The smallest absolute Gasteiger partial charge is 0.330 e. The van der Waals surface area contributed by atoms with Gasteiger partial charge in [-0.3, -0.25) is 0 Å². The summed E-state index contributed by atoms with van der Waals surface area (Å²) < 4.78 is 4.63. The molecular weight excluding hydrogens is 196 g/mol. The molecule has 0 atom stereocenters. The van der Waals surface area contributed by atoms with Crippen molar-refractivity contribution in [1.29, 1.82) is 0 Å². The zero-order chi connectivity index (χ0) is 9.97. The van der Waals surface area contributed by atoms with Crippen molar-refractivity contribution >= 4 is 22.9 Å². The van der Waals surface area contributed by atoms with Crippen molar-refractivity contribution in [3.63, 3.8) is 0 Å². The third-order valence-electron chi connectivity index (χ3n) is 2.43. The Morgan fingerprint density at radius 1 is 1.57 bits per heavy atom. The molecule has 1 aliphatic carbocycles. The van der Waals surface area contributed by atoms with Gasteiger partial charge in [0, 0.05) is 11.0 Å². The summed E-state index contributed by atoms with van der Waals surface area (Å²) in [5.74, 6) is -0.251. The highest BCUT2D eigenvalue weighted by molar-refractivity contribution is 7.10. The molecule has 0 bridgehead atoms. The summed E-state index contributed by atoms with van der Waals surface area (Å²) in [6.07, 6.45) is 4.88. The van der Waals surface area contributed by atoms with Gasteiger partial charge in [-0.05, 0) is 41.8 Å². The lowest BCUT2D eigenvalue weighted by Gasteiger charge is -2.14. The van der Waals surface area contributed by atoms with Crippen LogP contribution in [0.3, 0.4) is 0 Å². The van der Waals surface area contributed by atoms with E-state index in [1.54, 1.807) is 17.4 Å². The zero-order valence-corrected chi connectivity index (χ0v) is 8.89. The monoisotopic (exact) mass is 208 g/mol. The van der Waals surface area contributed by atoms with E-state index in [0.29, 0.717) is 0 Å². The molecule has 0 saturated heterocycles. The number of carbonyl (C=O) groups excluding carboxylic acids is 1. The summed E-state index contributed by atoms with van der Waals surface area (Å²) in [7, 11) is 1.41. The van der Waals surface area contributed by atoms with Crippen molar-refractivity contribution in [2.45, 2.75) is 19.3 Å². The highest BCUT2D eigenvalue weighted by atomic mass is 32.1. The van der Waals surface area contributed by atoms with Gasteiger partial charge >= 0.3 is 5.97 Å². The molecule has 1 aliphatic rings. The fourth-order valence-electron chi connectivity index (χ4n) is 1.75. The summed E-state index contributed by atoms with van der Waals surface area (Å²) in [5.41, 5.74) is 2.37. The molecule has 0 amide bonds. The van der Waals surface area contributed by atoms with Crippen LogP contribution in [-0.2, 0) is 16.0 Å². The number of ether oxygens (including phenoxy) is 1. The molecule has 1 aromatic rings. The summed E-state index contributed by atoms with van der Waals surface area (Å²) in [6.45, 7) is 0. The summed E-state index contributed by atoms with van der Waals surface area (Å²) in [4.78, 5) is 12.5. The van der Waals surface area contributed by atoms with Crippen LogP contribution in [0, 0.1) is 0 Å². The molecule has 0 fully saturated rings. The number of esters is 1. The molecule has 0 spiro atoms. The minimum absolute atomic E-state index is 0.251. The Labute approximate surface area is 87.2 Å². The van der Waals surface area contributed by atoms with E-state index in [9.17, 15) is 4.79 Å². The fourth-order valence-corrected chi connectivity index (χ4v) is 2.70. The van der Waals surface area contributed by atoms with E-state index in [1.165, 1.54) is 17.6 Å². The van der Waals surface area contributed by atoms with Gasteiger partial charge in [-0.2, -0.15) is 0 Å². The Morgan fingerprint density at radius 2 is 2.43 bits per heavy atom. The van der Waals surface area contributed by atoms with Crippen LogP contribution in [-0.4, -0.2) is 13.1 Å². The number of hydrogen-bond acceptors (Lipinski definition) is 3. The predicted octanol–water partition coefficient (Wildman–Crippen LogP) is 2.64. The van der Waals surface area contributed by atoms with Crippen molar-refractivity contribution in [3.8, 4) is 0 Å². The van der Waals surface area contributed by atoms with E-state index in [4.69, 9.17) is 0 Å². The first kappa shape index (κ1) is 9.46. The van der Waals surface area contributed by atoms with E-state index in [-0.39, 0.29) is 5.97 Å². The summed E-state index contributed by atoms with van der Waals surface area (Å²) >= 11 is 1.77. The molecule has 2 nitrogen and oxygen atoms in total. The Balaban J connectivity index is 2.32. The third-order valence-corrected chi connectivity index (χ3v) is 3.42. The van der Waals surface area contributed by atoms with Crippen molar-refractivity contribution in [2.75, 3.05) is 7.11 Å². The first-order valence-electron chi connectivity index (χ1n) is 4.66. The van der Waals surface area contributed by atoms with Gasteiger partial charge in [0.1, 0.15) is 0 Å². The first-order chi connectivity index (χ1) is 6.81. The average molecular weight is 208 g/mol. The minimum Gasteiger partial charge on any atom is -0.466 e. The van der Waals surface area contributed by atoms with Crippen LogP contribution in [0.15, 0.2) is 17.5 Å². The number of methoxy groups -OCH3 is 1. The largest absolute Gasteiger partial charge is 0.466 e.